The summed E-state index contributed by atoms with van der Waals surface area (Å²) in [4.78, 5) is 0. The SMILES string of the molecule is CC1=C(C)C=CC(C)(C(Cc2ccc(C)c(C)c2)(C(F)(F)F)C(F)(F)F)C=C1. The van der Waals surface area contributed by atoms with Gasteiger partial charge in [0.25, 0.3) is 0 Å². The van der Waals surface area contributed by atoms with Gasteiger partial charge in [0.2, 0.25) is 0 Å². The third-order valence-electron chi connectivity index (χ3n) is 5.91. The van der Waals surface area contributed by atoms with Gasteiger partial charge in [-0.3, -0.25) is 0 Å². The molecule has 0 heterocycles. The Morgan fingerprint density at radius 3 is 1.61 bits per heavy atom. The third-order valence-corrected chi connectivity index (χ3v) is 5.91. The van der Waals surface area contributed by atoms with Gasteiger partial charge in [-0.2, -0.15) is 26.3 Å². The van der Waals surface area contributed by atoms with Crippen molar-refractivity contribution < 1.29 is 26.3 Å². The minimum atomic E-state index is -5.51. The van der Waals surface area contributed by atoms with Crippen molar-refractivity contribution in [2.45, 2.75) is 53.4 Å². The summed E-state index contributed by atoms with van der Waals surface area (Å²) in [6.45, 7) is 7.76. The number of halogens is 6. The Labute approximate surface area is 161 Å². The van der Waals surface area contributed by atoms with E-state index in [4.69, 9.17) is 0 Å². The highest BCUT2D eigenvalue weighted by atomic mass is 19.4. The first-order valence-corrected chi connectivity index (χ1v) is 8.90. The second-order valence-corrected chi connectivity index (χ2v) is 7.81. The maximum absolute atomic E-state index is 14.3. The molecule has 0 N–H and O–H groups in total. The molecule has 1 aromatic rings. The maximum Gasteiger partial charge on any atom is 0.404 e. The number of hydrogen-bond donors (Lipinski definition) is 0. The second-order valence-electron chi connectivity index (χ2n) is 7.81. The highest BCUT2D eigenvalue weighted by molar-refractivity contribution is 5.40. The van der Waals surface area contributed by atoms with Crippen LogP contribution in [0.4, 0.5) is 26.3 Å². The molecule has 0 atom stereocenters. The first-order valence-electron chi connectivity index (χ1n) is 8.90. The van der Waals surface area contributed by atoms with Crippen LogP contribution in [0.1, 0.15) is 37.5 Å². The molecular weight excluding hydrogens is 378 g/mol. The van der Waals surface area contributed by atoms with Crippen molar-refractivity contribution in [3.8, 4) is 0 Å². The molecule has 6 heteroatoms. The summed E-state index contributed by atoms with van der Waals surface area (Å²) >= 11 is 0. The van der Waals surface area contributed by atoms with Gasteiger partial charge in [-0.05, 0) is 62.0 Å². The molecule has 0 spiro atoms. The van der Waals surface area contributed by atoms with Crippen LogP contribution in [0.25, 0.3) is 0 Å². The lowest BCUT2D eigenvalue weighted by Crippen LogP contribution is -2.60. The van der Waals surface area contributed by atoms with E-state index in [1.165, 1.54) is 24.3 Å². The zero-order valence-electron chi connectivity index (χ0n) is 16.5. The normalized spacial score (nSPS) is 17.8. The summed E-state index contributed by atoms with van der Waals surface area (Å²) < 4.78 is 85.8. The first-order chi connectivity index (χ1) is 12.6. The molecule has 28 heavy (non-hydrogen) atoms. The van der Waals surface area contributed by atoms with Crippen LogP contribution >= 0.6 is 0 Å². The fourth-order valence-electron chi connectivity index (χ4n) is 3.58. The Hall–Kier alpha value is -1.98. The molecule has 0 nitrogen and oxygen atoms in total. The topological polar surface area (TPSA) is 0 Å². The van der Waals surface area contributed by atoms with Gasteiger partial charge in [0.05, 0.1) is 0 Å². The molecule has 0 amide bonds. The lowest BCUT2D eigenvalue weighted by molar-refractivity contribution is -0.363. The van der Waals surface area contributed by atoms with Gasteiger partial charge in [-0.15, -0.1) is 0 Å². The summed E-state index contributed by atoms with van der Waals surface area (Å²) in [6.07, 6.45) is -7.44. The summed E-state index contributed by atoms with van der Waals surface area (Å²) in [5.74, 6) is 0. The molecule has 2 rings (SSSR count). The van der Waals surface area contributed by atoms with E-state index in [0.29, 0.717) is 16.7 Å². The van der Waals surface area contributed by atoms with E-state index >= 15 is 0 Å². The average molecular weight is 402 g/mol. The summed E-state index contributed by atoms with van der Waals surface area (Å²) in [5.41, 5.74) is -3.54. The summed E-state index contributed by atoms with van der Waals surface area (Å²) in [7, 11) is 0. The fraction of sp³-hybridized carbons (Fsp3) is 0.455. The van der Waals surface area contributed by atoms with E-state index in [0.717, 1.165) is 24.6 Å². The molecule has 0 radical (unpaired) electrons. The minimum absolute atomic E-state index is 0.00595. The van der Waals surface area contributed by atoms with Crippen LogP contribution < -0.4 is 0 Å². The molecule has 0 aliphatic heterocycles. The van der Waals surface area contributed by atoms with Crippen LogP contribution in [-0.4, -0.2) is 12.4 Å². The number of allylic oxidation sites excluding steroid dienone is 6. The van der Waals surface area contributed by atoms with Crippen molar-refractivity contribution in [2.75, 3.05) is 0 Å². The van der Waals surface area contributed by atoms with Crippen molar-refractivity contribution >= 4 is 0 Å². The van der Waals surface area contributed by atoms with Crippen LogP contribution in [0.5, 0.6) is 0 Å². The van der Waals surface area contributed by atoms with Gasteiger partial charge in [-0.1, -0.05) is 49.4 Å². The van der Waals surface area contributed by atoms with E-state index in [-0.39, 0.29) is 5.56 Å². The lowest BCUT2D eigenvalue weighted by atomic mass is 9.59. The molecule has 1 aliphatic rings. The Kier molecular flexibility index (Phi) is 5.68. The standard InChI is InChI=1S/C22H24F6/c1-14-6-7-18(12-17(14)4)13-20(21(23,24)25,22(26,27)28)19(5)10-8-15(2)16(3)9-11-19/h6-12H,13H2,1-5H3. The van der Waals surface area contributed by atoms with E-state index in [2.05, 4.69) is 0 Å². The molecule has 0 saturated heterocycles. The van der Waals surface area contributed by atoms with Crippen molar-refractivity contribution in [1.82, 2.24) is 0 Å². The molecule has 1 aromatic carbocycles. The molecular formula is C22H24F6. The monoisotopic (exact) mass is 402 g/mol. The average Bonchev–Trinajstić information content (AvgIpc) is 2.68. The van der Waals surface area contributed by atoms with Crippen LogP contribution in [0.15, 0.2) is 53.6 Å². The van der Waals surface area contributed by atoms with Gasteiger partial charge in [0.1, 0.15) is 0 Å². The number of hydrogen-bond acceptors (Lipinski definition) is 0. The summed E-state index contributed by atoms with van der Waals surface area (Å²) in [6, 6.07) is 4.31. The van der Waals surface area contributed by atoms with E-state index in [1.807, 2.05) is 0 Å². The van der Waals surface area contributed by atoms with Gasteiger partial charge >= 0.3 is 12.4 Å². The first kappa shape index (κ1) is 22.3. The van der Waals surface area contributed by atoms with Crippen molar-refractivity contribution in [3.05, 3.63) is 70.3 Å². The Balaban J connectivity index is 2.77. The van der Waals surface area contributed by atoms with Crippen molar-refractivity contribution in [3.63, 3.8) is 0 Å². The predicted molar refractivity (Wildman–Crippen MR) is 98.9 cm³/mol. The van der Waals surface area contributed by atoms with E-state index < -0.39 is 29.6 Å². The quantitative estimate of drug-likeness (QED) is 0.461. The molecule has 154 valence electrons. The Bertz CT molecular complexity index is 798. The fourth-order valence-corrected chi connectivity index (χ4v) is 3.58. The predicted octanol–water partition coefficient (Wildman–Crippen LogP) is 7.43. The van der Waals surface area contributed by atoms with Gasteiger partial charge in [0.15, 0.2) is 5.41 Å². The minimum Gasteiger partial charge on any atom is -0.170 e. The van der Waals surface area contributed by atoms with Gasteiger partial charge in [-0.25, -0.2) is 0 Å². The van der Waals surface area contributed by atoms with Gasteiger partial charge < -0.3 is 0 Å². The van der Waals surface area contributed by atoms with Crippen molar-refractivity contribution in [2.24, 2.45) is 10.8 Å². The highest BCUT2D eigenvalue weighted by Crippen LogP contribution is 2.63. The van der Waals surface area contributed by atoms with E-state index in [9.17, 15) is 26.3 Å². The van der Waals surface area contributed by atoms with Crippen LogP contribution in [0.3, 0.4) is 0 Å². The highest BCUT2D eigenvalue weighted by Gasteiger charge is 2.76. The Morgan fingerprint density at radius 2 is 1.21 bits per heavy atom. The van der Waals surface area contributed by atoms with E-state index in [1.54, 1.807) is 33.8 Å². The molecule has 0 saturated carbocycles. The molecule has 0 fully saturated rings. The Morgan fingerprint density at radius 1 is 0.750 bits per heavy atom. The second kappa shape index (κ2) is 7.12. The third kappa shape index (κ3) is 3.65. The molecule has 1 aliphatic carbocycles. The number of alkyl halides is 6. The number of rotatable bonds is 3. The van der Waals surface area contributed by atoms with Gasteiger partial charge in [0, 0.05) is 5.41 Å². The largest absolute Gasteiger partial charge is 0.404 e. The van der Waals surface area contributed by atoms with Crippen molar-refractivity contribution in [1.29, 1.82) is 0 Å². The smallest absolute Gasteiger partial charge is 0.170 e. The van der Waals surface area contributed by atoms with Crippen LogP contribution in [0.2, 0.25) is 0 Å². The summed E-state index contributed by atoms with van der Waals surface area (Å²) in [5, 5.41) is 0. The molecule has 0 bridgehead atoms. The number of benzene rings is 1. The van der Waals surface area contributed by atoms with Crippen LogP contribution in [0, 0.1) is 24.7 Å². The molecule has 0 unspecified atom stereocenters. The zero-order valence-corrected chi connectivity index (χ0v) is 16.5. The molecule has 0 aromatic heterocycles. The zero-order chi connectivity index (χ0) is 21.5. The lowest BCUT2D eigenvalue weighted by Gasteiger charge is -2.47. The van der Waals surface area contributed by atoms with Crippen LogP contribution in [-0.2, 0) is 6.42 Å². The number of aryl methyl sites for hydroxylation is 2. The maximum atomic E-state index is 14.3.